The molecule has 0 bridgehead atoms. The fraction of sp³-hybridized carbons (Fsp3) is 0.0870. The predicted molar refractivity (Wildman–Crippen MR) is 109 cm³/mol. The molecule has 0 aliphatic heterocycles. The van der Waals surface area contributed by atoms with E-state index in [-0.39, 0.29) is 0 Å². The minimum absolute atomic E-state index is 0.753. The van der Waals surface area contributed by atoms with E-state index in [4.69, 9.17) is 14.2 Å². The van der Waals surface area contributed by atoms with E-state index in [0.29, 0.717) is 0 Å². The topological polar surface area (TPSA) is 40.0 Å². The Morgan fingerprint density at radius 1 is 0.630 bits per heavy atom. The van der Waals surface area contributed by atoms with E-state index in [9.17, 15) is 0 Å². The van der Waals surface area contributed by atoms with Crippen molar-refractivity contribution in [2.24, 2.45) is 4.99 Å². The van der Waals surface area contributed by atoms with Crippen molar-refractivity contribution in [2.75, 3.05) is 14.2 Å². The van der Waals surface area contributed by atoms with Crippen molar-refractivity contribution in [3.05, 3.63) is 90.2 Å². The van der Waals surface area contributed by atoms with Crippen molar-refractivity contribution in [3.8, 4) is 17.2 Å². The standard InChI is InChI=1S/C23H21NO3/c1-25-21-9-3-18(4-10-21)15-16-27-23-13-7-20(8-14-23)24-17-19-5-11-22(26-2)12-6-19/h3-17H,1-2H3. The van der Waals surface area contributed by atoms with Crippen LogP contribution in [0.15, 0.2) is 84.1 Å². The van der Waals surface area contributed by atoms with Gasteiger partial charge in [-0.15, -0.1) is 0 Å². The molecule has 3 aromatic rings. The van der Waals surface area contributed by atoms with Gasteiger partial charge in [0.2, 0.25) is 0 Å². The molecule has 3 aromatic carbocycles. The van der Waals surface area contributed by atoms with E-state index < -0.39 is 0 Å². The maximum absolute atomic E-state index is 5.63. The highest BCUT2D eigenvalue weighted by atomic mass is 16.5. The van der Waals surface area contributed by atoms with Crippen LogP contribution in [0.2, 0.25) is 0 Å². The zero-order valence-corrected chi connectivity index (χ0v) is 15.3. The molecule has 4 nitrogen and oxygen atoms in total. The molecule has 0 aliphatic rings. The van der Waals surface area contributed by atoms with Gasteiger partial charge in [0.25, 0.3) is 0 Å². The van der Waals surface area contributed by atoms with Crippen LogP contribution in [-0.4, -0.2) is 20.4 Å². The number of aliphatic imine (C=N–C) groups is 1. The molecule has 0 saturated carbocycles. The molecule has 0 saturated heterocycles. The van der Waals surface area contributed by atoms with E-state index in [1.165, 1.54) is 0 Å². The highest BCUT2D eigenvalue weighted by Crippen LogP contribution is 2.19. The first kappa shape index (κ1) is 18.3. The van der Waals surface area contributed by atoms with E-state index in [1.807, 2.05) is 85.1 Å². The van der Waals surface area contributed by atoms with E-state index in [1.54, 1.807) is 20.5 Å². The number of ether oxygens (including phenoxy) is 3. The Hall–Kier alpha value is -3.53. The summed E-state index contributed by atoms with van der Waals surface area (Å²) in [5.41, 5.74) is 2.91. The van der Waals surface area contributed by atoms with Crippen LogP contribution in [0, 0.1) is 0 Å². The zero-order valence-electron chi connectivity index (χ0n) is 15.3. The summed E-state index contributed by atoms with van der Waals surface area (Å²) >= 11 is 0. The quantitative estimate of drug-likeness (QED) is 0.413. The second-order valence-electron chi connectivity index (χ2n) is 5.72. The average Bonchev–Trinajstić information content (AvgIpc) is 2.74. The van der Waals surface area contributed by atoms with Crippen molar-refractivity contribution in [1.82, 2.24) is 0 Å². The van der Waals surface area contributed by atoms with Gasteiger partial charge in [-0.3, -0.25) is 4.99 Å². The van der Waals surface area contributed by atoms with Crippen molar-refractivity contribution in [3.63, 3.8) is 0 Å². The maximum atomic E-state index is 5.63. The smallest absolute Gasteiger partial charge is 0.126 e. The molecular formula is C23H21NO3. The van der Waals surface area contributed by atoms with Gasteiger partial charge in [-0.25, -0.2) is 0 Å². The molecule has 0 amide bonds. The van der Waals surface area contributed by atoms with Gasteiger partial charge in [0.1, 0.15) is 17.2 Å². The van der Waals surface area contributed by atoms with Gasteiger partial charge in [-0.05, 0) is 77.9 Å². The molecule has 136 valence electrons. The number of nitrogens with zero attached hydrogens (tertiary/aromatic N) is 1. The minimum Gasteiger partial charge on any atom is -0.497 e. The summed E-state index contributed by atoms with van der Waals surface area (Å²) < 4.78 is 15.9. The third-order valence-electron chi connectivity index (χ3n) is 3.90. The Bertz CT molecular complexity index is 896. The summed E-state index contributed by atoms with van der Waals surface area (Å²) in [5, 5.41) is 0. The van der Waals surface area contributed by atoms with Gasteiger partial charge in [-0.2, -0.15) is 0 Å². The molecule has 0 atom stereocenters. The summed E-state index contributed by atoms with van der Waals surface area (Å²) in [6.45, 7) is 0. The highest BCUT2D eigenvalue weighted by Gasteiger charge is 1.95. The van der Waals surface area contributed by atoms with Crippen LogP contribution in [0.25, 0.3) is 6.08 Å². The lowest BCUT2D eigenvalue weighted by molar-refractivity contribution is 0.414. The second kappa shape index (κ2) is 9.25. The Balaban J connectivity index is 1.56. The molecule has 0 heterocycles. The summed E-state index contributed by atoms with van der Waals surface area (Å²) in [5.74, 6) is 2.42. The van der Waals surface area contributed by atoms with Crippen LogP contribution in [0.5, 0.6) is 17.2 Å². The number of hydrogen-bond acceptors (Lipinski definition) is 4. The summed E-state index contributed by atoms with van der Waals surface area (Å²) in [6, 6.07) is 23.1. The number of methoxy groups -OCH3 is 2. The van der Waals surface area contributed by atoms with Gasteiger partial charge < -0.3 is 14.2 Å². The van der Waals surface area contributed by atoms with Crippen molar-refractivity contribution >= 4 is 18.0 Å². The number of hydrogen-bond donors (Lipinski definition) is 0. The molecule has 27 heavy (non-hydrogen) atoms. The predicted octanol–water partition coefficient (Wildman–Crippen LogP) is 5.50. The molecule has 0 fully saturated rings. The molecule has 0 N–H and O–H groups in total. The Kier molecular flexibility index (Phi) is 6.26. The highest BCUT2D eigenvalue weighted by molar-refractivity contribution is 5.82. The van der Waals surface area contributed by atoms with E-state index in [0.717, 1.165) is 34.1 Å². The molecule has 0 aliphatic carbocycles. The van der Waals surface area contributed by atoms with Gasteiger partial charge in [0.15, 0.2) is 0 Å². The van der Waals surface area contributed by atoms with Crippen LogP contribution < -0.4 is 14.2 Å². The van der Waals surface area contributed by atoms with Crippen molar-refractivity contribution in [1.29, 1.82) is 0 Å². The molecular weight excluding hydrogens is 338 g/mol. The summed E-state index contributed by atoms with van der Waals surface area (Å²) in [4.78, 5) is 4.47. The summed E-state index contributed by atoms with van der Waals surface area (Å²) in [6.07, 6.45) is 5.38. The molecule has 0 spiro atoms. The minimum atomic E-state index is 0.753. The molecule has 0 radical (unpaired) electrons. The first-order valence-electron chi connectivity index (χ1n) is 8.52. The molecule has 4 heteroatoms. The molecule has 3 rings (SSSR count). The molecule has 0 aromatic heterocycles. The first-order valence-corrected chi connectivity index (χ1v) is 8.52. The normalized spacial score (nSPS) is 11.0. The number of rotatable bonds is 7. The van der Waals surface area contributed by atoms with Crippen molar-refractivity contribution in [2.45, 2.75) is 0 Å². The lowest BCUT2D eigenvalue weighted by Gasteiger charge is -2.02. The third kappa shape index (κ3) is 5.47. The van der Waals surface area contributed by atoms with E-state index >= 15 is 0 Å². The SMILES string of the molecule is COc1ccc(C=COc2ccc(N=Cc3ccc(OC)cc3)cc2)cc1. The van der Waals surface area contributed by atoms with Gasteiger partial charge in [0, 0.05) is 6.21 Å². The largest absolute Gasteiger partial charge is 0.497 e. The Morgan fingerprint density at radius 3 is 1.70 bits per heavy atom. The average molecular weight is 359 g/mol. The maximum Gasteiger partial charge on any atom is 0.126 e. The van der Waals surface area contributed by atoms with Gasteiger partial charge in [0.05, 0.1) is 26.2 Å². The fourth-order valence-corrected chi connectivity index (χ4v) is 2.36. The molecule has 0 unspecified atom stereocenters. The van der Waals surface area contributed by atoms with Gasteiger partial charge in [-0.1, -0.05) is 12.1 Å². The van der Waals surface area contributed by atoms with Crippen LogP contribution >= 0.6 is 0 Å². The lowest BCUT2D eigenvalue weighted by Crippen LogP contribution is -1.84. The zero-order chi connectivity index (χ0) is 18.9. The lowest BCUT2D eigenvalue weighted by atomic mass is 10.2. The Labute approximate surface area is 159 Å². The Morgan fingerprint density at radius 2 is 1.15 bits per heavy atom. The fourth-order valence-electron chi connectivity index (χ4n) is 2.36. The second-order valence-corrected chi connectivity index (χ2v) is 5.72. The van der Waals surface area contributed by atoms with Crippen LogP contribution in [0.4, 0.5) is 5.69 Å². The third-order valence-corrected chi connectivity index (χ3v) is 3.90. The van der Waals surface area contributed by atoms with Crippen molar-refractivity contribution < 1.29 is 14.2 Å². The van der Waals surface area contributed by atoms with Crippen LogP contribution in [0.3, 0.4) is 0 Å². The monoisotopic (exact) mass is 359 g/mol. The van der Waals surface area contributed by atoms with E-state index in [2.05, 4.69) is 4.99 Å². The first-order chi connectivity index (χ1) is 13.3. The van der Waals surface area contributed by atoms with Gasteiger partial charge >= 0.3 is 0 Å². The number of benzene rings is 3. The van der Waals surface area contributed by atoms with Crippen LogP contribution in [-0.2, 0) is 0 Å². The summed E-state index contributed by atoms with van der Waals surface area (Å²) in [7, 11) is 3.30. The van der Waals surface area contributed by atoms with Crippen LogP contribution in [0.1, 0.15) is 11.1 Å².